The van der Waals surface area contributed by atoms with Crippen LogP contribution in [0, 0.1) is 11.3 Å². The smallest absolute Gasteiger partial charge is 0.382 e. The molecule has 0 bridgehead atoms. The summed E-state index contributed by atoms with van der Waals surface area (Å²) in [5.41, 5.74) is 7.36. The van der Waals surface area contributed by atoms with Gasteiger partial charge in [-0.15, -0.1) is 0 Å². The number of anilines is 1. The predicted octanol–water partition coefficient (Wildman–Crippen LogP) is 8.58. The highest BCUT2D eigenvalue weighted by atomic mass is 31.2. The Bertz CT molecular complexity index is 1590. The van der Waals surface area contributed by atoms with Crippen molar-refractivity contribution in [2.75, 3.05) is 32.2 Å². The third-order valence-electron chi connectivity index (χ3n) is 9.89. The zero-order chi connectivity index (χ0) is 38.5. The van der Waals surface area contributed by atoms with E-state index in [0.717, 1.165) is 18.5 Å². The molecule has 4 rings (SSSR count). The number of nitrogens with zero attached hydrogens (tertiary/aromatic N) is 6. The molecule has 3 N–H and O–H groups in total. The van der Waals surface area contributed by atoms with Gasteiger partial charge in [-0.25, -0.2) is 19.0 Å². The minimum absolute atomic E-state index is 0.0595. The average Bonchev–Trinajstić information content (AvgIpc) is 3.79. The van der Waals surface area contributed by atoms with Crippen molar-refractivity contribution in [1.82, 2.24) is 24.6 Å². The van der Waals surface area contributed by atoms with E-state index >= 15 is 0 Å². The maximum Gasteiger partial charge on any atom is 0.472 e. The number of rotatable bonds is 29. The topological polar surface area (TPSA) is 189 Å². The van der Waals surface area contributed by atoms with Crippen LogP contribution in [0.5, 0.6) is 0 Å². The van der Waals surface area contributed by atoms with Crippen LogP contribution in [0.3, 0.4) is 0 Å². The number of unbranched alkanes of at least 4 members (excludes halogenated alkanes) is 15. The zero-order valence-corrected chi connectivity index (χ0v) is 33.3. The second kappa shape index (κ2) is 23.8. The molecule has 14 nitrogen and oxygen atoms in total. The Morgan fingerprint density at radius 1 is 0.963 bits per heavy atom. The SMILES string of the molecule is CCCCCCCCCCCCCCCCCCOCC(COP(=O)(O)OC[C@]1(C)CC[C@H](c2ccc3c(N)ncnn23)O1)OCc1cnc(C#N)cn1. The third kappa shape index (κ3) is 15.6. The molecule has 1 aliphatic rings. The third-order valence-corrected chi connectivity index (χ3v) is 10.8. The quantitative estimate of drug-likeness (QED) is 0.0505. The standard InChI is InChI=1S/C39H62N7O7P/c1-3-4-5-6-7-8-9-10-11-12-13-14-15-16-17-18-23-49-28-34(50-27-33-26-42-32(24-40)25-43-33)29-51-54(47,48)52-30-39(2)22-21-37(53-39)35-19-20-36-38(41)44-31-45-46(35)36/h19-20,25-26,31,34,37H,3-18,21-23,27-30H2,1-2H3,(H,47,48)(H2,41,44,45)/t34?,37-,39+/m1/s1. The summed E-state index contributed by atoms with van der Waals surface area (Å²) in [7, 11) is -4.47. The van der Waals surface area contributed by atoms with Crippen LogP contribution in [0.25, 0.3) is 5.52 Å². The van der Waals surface area contributed by atoms with Crippen LogP contribution in [-0.2, 0) is 34.4 Å². The maximum absolute atomic E-state index is 13.0. The molecule has 15 heteroatoms. The van der Waals surface area contributed by atoms with Crippen molar-refractivity contribution >= 4 is 19.2 Å². The molecule has 0 radical (unpaired) electrons. The Kier molecular flexibility index (Phi) is 19.3. The average molecular weight is 772 g/mol. The van der Waals surface area contributed by atoms with Crippen LogP contribution < -0.4 is 5.73 Å². The highest BCUT2D eigenvalue weighted by Gasteiger charge is 2.40. The molecule has 0 spiro atoms. The minimum Gasteiger partial charge on any atom is -0.382 e. The van der Waals surface area contributed by atoms with Crippen LogP contribution in [0.1, 0.15) is 153 Å². The lowest BCUT2D eigenvalue weighted by Gasteiger charge is -2.26. The van der Waals surface area contributed by atoms with Gasteiger partial charge in [-0.2, -0.15) is 10.4 Å². The molecule has 1 aliphatic heterocycles. The molecule has 3 aromatic heterocycles. The second-order valence-electron chi connectivity index (χ2n) is 14.6. The minimum atomic E-state index is -4.47. The highest BCUT2D eigenvalue weighted by molar-refractivity contribution is 7.47. The summed E-state index contributed by atoms with van der Waals surface area (Å²) in [5.74, 6) is 0.372. The van der Waals surface area contributed by atoms with Crippen LogP contribution in [-0.4, -0.2) is 67.6 Å². The summed E-state index contributed by atoms with van der Waals surface area (Å²) in [4.78, 5) is 22.8. The Morgan fingerprint density at radius 2 is 1.63 bits per heavy atom. The van der Waals surface area contributed by atoms with E-state index in [4.69, 9.17) is 34.3 Å². The molecule has 3 aromatic rings. The monoisotopic (exact) mass is 771 g/mol. The van der Waals surface area contributed by atoms with Crippen molar-refractivity contribution < 1.29 is 32.7 Å². The number of nitriles is 1. The summed E-state index contributed by atoms with van der Waals surface area (Å²) in [6.07, 6.45) is 25.3. The fraction of sp³-hybridized carbons (Fsp3) is 0.718. The Morgan fingerprint density at radius 3 is 2.26 bits per heavy atom. The van der Waals surface area contributed by atoms with Crippen LogP contribution in [0.2, 0.25) is 0 Å². The predicted molar refractivity (Wildman–Crippen MR) is 206 cm³/mol. The lowest BCUT2D eigenvalue weighted by molar-refractivity contribution is -0.0712. The number of phosphoric acid groups is 1. The van der Waals surface area contributed by atoms with E-state index < -0.39 is 19.5 Å². The van der Waals surface area contributed by atoms with Gasteiger partial charge in [0.25, 0.3) is 0 Å². The van der Waals surface area contributed by atoms with Gasteiger partial charge >= 0.3 is 7.82 Å². The number of hydrogen-bond acceptors (Lipinski definition) is 12. The van der Waals surface area contributed by atoms with Gasteiger partial charge in [0, 0.05) is 6.61 Å². The molecule has 2 unspecified atom stereocenters. The number of fused-ring (bicyclic) bond motifs is 1. The molecule has 1 saturated heterocycles. The molecular formula is C39H62N7O7P. The molecule has 4 atom stereocenters. The number of phosphoric ester groups is 1. The molecular weight excluding hydrogens is 709 g/mol. The first-order valence-corrected chi connectivity index (χ1v) is 21.5. The molecule has 54 heavy (non-hydrogen) atoms. The van der Waals surface area contributed by atoms with Crippen LogP contribution in [0.15, 0.2) is 30.9 Å². The van der Waals surface area contributed by atoms with E-state index in [-0.39, 0.29) is 38.2 Å². The van der Waals surface area contributed by atoms with E-state index in [1.165, 1.54) is 109 Å². The molecule has 0 amide bonds. The summed E-state index contributed by atoms with van der Waals surface area (Å²) in [6.45, 7) is 4.48. The van der Waals surface area contributed by atoms with Gasteiger partial charge in [0.2, 0.25) is 0 Å². The summed E-state index contributed by atoms with van der Waals surface area (Å²) < 4.78 is 43.7. The van der Waals surface area contributed by atoms with Crippen molar-refractivity contribution in [3.8, 4) is 6.07 Å². The fourth-order valence-corrected chi connectivity index (χ4v) is 7.53. The van der Waals surface area contributed by atoms with Crippen LogP contribution in [0.4, 0.5) is 5.82 Å². The zero-order valence-electron chi connectivity index (χ0n) is 32.4. The van der Waals surface area contributed by atoms with E-state index in [0.29, 0.717) is 36.5 Å². The lowest BCUT2D eigenvalue weighted by Crippen LogP contribution is -2.30. The largest absolute Gasteiger partial charge is 0.472 e. The summed E-state index contributed by atoms with van der Waals surface area (Å²) in [5, 5.41) is 13.3. The number of nitrogen functional groups attached to an aromatic ring is 1. The summed E-state index contributed by atoms with van der Waals surface area (Å²) >= 11 is 0. The van der Waals surface area contributed by atoms with E-state index in [2.05, 4.69) is 27.0 Å². The Hall–Kier alpha value is -3.02. The molecule has 1 fully saturated rings. The molecule has 0 saturated carbocycles. The number of hydrogen-bond donors (Lipinski definition) is 2. The maximum atomic E-state index is 13.0. The molecule has 0 aliphatic carbocycles. The highest BCUT2D eigenvalue weighted by Crippen LogP contribution is 2.47. The second-order valence-corrected chi connectivity index (χ2v) is 16.1. The van der Waals surface area contributed by atoms with Gasteiger partial charge in [-0.1, -0.05) is 103 Å². The van der Waals surface area contributed by atoms with Crippen molar-refractivity contribution in [3.63, 3.8) is 0 Å². The van der Waals surface area contributed by atoms with Crippen LogP contribution >= 0.6 is 7.82 Å². The first-order chi connectivity index (χ1) is 26.2. The van der Waals surface area contributed by atoms with Gasteiger partial charge in [0.05, 0.1) is 55.8 Å². The van der Waals surface area contributed by atoms with E-state index in [1.54, 1.807) is 4.52 Å². The number of ether oxygens (including phenoxy) is 3. The van der Waals surface area contributed by atoms with Crippen molar-refractivity contribution in [1.29, 1.82) is 5.26 Å². The molecule has 0 aromatic carbocycles. The Labute approximate surface area is 321 Å². The fourth-order valence-electron chi connectivity index (χ4n) is 6.66. The van der Waals surface area contributed by atoms with E-state index in [1.807, 2.05) is 25.1 Å². The number of aromatic nitrogens is 5. The van der Waals surface area contributed by atoms with Crippen molar-refractivity contribution in [3.05, 3.63) is 47.9 Å². The lowest BCUT2D eigenvalue weighted by atomic mass is 10.0. The summed E-state index contributed by atoms with van der Waals surface area (Å²) in [6, 6.07) is 5.67. The normalized spacial score (nSPS) is 18.9. The van der Waals surface area contributed by atoms with E-state index in [9.17, 15) is 9.46 Å². The van der Waals surface area contributed by atoms with Gasteiger partial charge in [-0.3, -0.25) is 14.0 Å². The van der Waals surface area contributed by atoms with Crippen molar-refractivity contribution in [2.24, 2.45) is 0 Å². The van der Waals surface area contributed by atoms with Gasteiger partial charge in [-0.05, 0) is 38.3 Å². The molecule has 4 heterocycles. The van der Waals surface area contributed by atoms with Gasteiger partial charge in [0.1, 0.15) is 30.1 Å². The molecule has 300 valence electrons. The first kappa shape index (κ1) is 43.7. The Balaban J connectivity index is 1.12. The number of nitrogens with two attached hydrogens (primary N) is 1. The van der Waals surface area contributed by atoms with Gasteiger partial charge < -0.3 is 24.8 Å². The van der Waals surface area contributed by atoms with Gasteiger partial charge in [0.15, 0.2) is 11.5 Å². The van der Waals surface area contributed by atoms with Crippen molar-refractivity contribution in [2.45, 2.75) is 154 Å². The first-order valence-electron chi connectivity index (χ1n) is 20.0.